The highest BCUT2D eigenvalue weighted by Crippen LogP contribution is 2.29. The topological polar surface area (TPSA) is 98.8 Å². The Morgan fingerprint density at radius 1 is 1.03 bits per heavy atom. The average molecular weight is 438 g/mol. The summed E-state index contributed by atoms with van der Waals surface area (Å²) in [4.78, 5) is 50.5. The van der Waals surface area contributed by atoms with Crippen LogP contribution in [0.25, 0.3) is 0 Å². The summed E-state index contributed by atoms with van der Waals surface area (Å²) in [5.74, 6) is -1.84. The van der Waals surface area contributed by atoms with Crippen molar-refractivity contribution in [2.45, 2.75) is 40.0 Å². The summed E-state index contributed by atoms with van der Waals surface area (Å²) < 4.78 is 9.94. The van der Waals surface area contributed by atoms with E-state index < -0.39 is 24.5 Å². The van der Waals surface area contributed by atoms with Crippen molar-refractivity contribution in [3.05, 3.63) is 38.4 Å². The summed E-state index contributed by atoms with van der Waals surface area (Å²) in [5, 5.41) is 2.96. The van der Waals surface area contributed by atoms with Crippen molar-refractivity contribution in [3.63, 3.8) is 0 Å². The molecule has 0 aliphatic heterocycles. The number of anilines is 1. The second kappa shape index (κ2) is 10.9. The Labute approximate surface area is 177 Å². The third-order valence-corrected chi connectivity index (χ3v) is 6.05. The molecule has 1 amide bonds. The van der Waals surface area contributed by atoms with Crippen LogP contribution in [0, 0.1) is 6.92 Å². The third kappa shape index (κ3) is 6.79. The van der Waals surface area contributed by atoms with Crippen LogP contribution in [0.3, 0.4) is 0 Å². The predicted molar refractivity (Wildman–Crippen MR) is 112 cm³/mol. The Morgan fingerprint density at radius 3 is 2.41 bits per heavy atom. The summed E-state index contributed by atoms with van der Waals surface area (Å²) in [5.41, 5.74) is 0.283. The largest absolute Gasteiger partial charge is 0.462 e. The molecule has 7 nitrogen and oxygen atoms in total. The van der Waals surface area contributed by atoms with Crippen LogP contribution in [0.5, 0.6) is 0 Å². The Morgan fingerprint density at radius 2 is 1.79 bits per heavy atom. The van der Waals surface area contributed by atoms with Gasteiger partial charge in [0.1, 0.15) is 5.00 Å². The van der Waals surface area contributed by atoms with Crippen LogP contribution < -0.4 is 5.32 Å². The van der Waals surface area contributed by atoms with Gasteiger partial charge in [0.25, 0.3) is 5.91 Å². The van der Waals surface area contributed by atoms with Gasteiger partial charge in [0.15, 0.2) is 12.4 Å². The molecule has 0 fully saturated rings. The predicted octanol–water partition coefficient (Wildman–Crippen LogP) is 4.00. The maximum absolute atomic E-state index is 12.1. The van der Waals surface area contributed by atoms with Gasteiger partial charge < -0.3 is 14.8 Å². The second-order valence-electron chi connectivity index (χ2n) is 6.07. The molecule has 0 saturated carbocycles. The molecule has 0 aromatic carbocycles. The van der Waals surface area contributed by atoms with E-state index in [-0.39, 0.29) is 30.8 Å². The summed E-state index contributed by atoms with van der Waals surface area (Å²) in [6.07, 6.45) is 0.633. The lowest BCUT2D eigenvalue weighted by atomic mass is 10.2. The first-order chi connectivity index (χ1) is 13.8. The number of hydrogen-bond acceptors (Lipinski definition) is 8. The van der Waals surface area contributed by atoms with Gasteiger partial charge in [0, 0.05) is 16.2 Å². The molecule has 0 aliphatic carbocycles. The minimum absolute atomic E-state index is 0.0260. The van der Waals surface area contributed by atoms with Crippen LogP contribution in [-0.2, 0) is 25.5 Å². The quantitative estimate of drug-likeness (QED) is 0.446. The number of nitrogens with one attached hydrogen (secondary N) is 1. The summed E-state index contributed by atoms with van der Waals surface area (Å²) in [6.45, 7) is 5.27. The summed E-state index contributed by atoms with van der Waals surface area (Å²) in [6, 6.07) is 5.26. The number of thiophene rings is 2. The third-order valence-electron chi connectivity index (χ3n) is 3.82. The van der Waals surface area contributed by atoms with Crippen molar-refractivity contribution < 1.29 is 28.7 Å². The van der Waals surface area contributed by atoms with E-state index in [0.717, 1.165) is 9.75 Å². The molecule has 2 rings (SSSR count). The lowest BCUT2D eigenvalue weighted by Gasteiger charge is -2.07. The maximum Gasteiger partial charge on any atom is 0.341 e. The van der Waals surface area contributed by atoms with Gasteiger partial charge in [-0.05, 0) is 38.5 Å². The van der Waals surface area contributed by atoms with Gasteiger partial charge in [0.2, 0.25) is 0 Å². The zero-order valence-corrected chi connectivity index (χ0v) is 18.2. The smallest absolute Gasteiger partial charge is 0.341 e. The van der Waals surface area contributed by atoms with Crippen LogP contribution in [0.1, 0.15) is 56.5 Å². The lowest BCUT2D eigenvalue weighted by molar-refractivity contribution is -0.147. The van der Waals surface area contributed by atoms with Crippen molar-refractivity contribution in [2.75, 3.05) is 18.5 Å². The van der Waals surface area contributed by atoms with Gasteiger partial charge in [-0.3, -0.25) is 14.4 Å². The van der Waals surface area contributed by atoms with E-state index in [9.17, 15) is 19.2 Å². The van der Waals surface area contributed by atoms with Crippen molar-refractivity contribution in [3.8, 4) is 0 Å². The molecular weight excluding hydrogens is 414 g/mol. The van der Waals surface area contributed by atoms with E-state index in [0.29, 0.717) is 16.3 Å². The van der Waals surface area contributed by atoms with E-state index in [2.05, 4.69) is 5.32 Å². The van der Waals surface area contributed by atoms with E-state index in [1.807, 2.05) is 19.9 Å². The molecule has 0 atom stereocenters. The first-order valence-electron chi connectivity index (χ1n) is 9.19. The Hall–Kier alpha value is -2.52. The highest BCUT2D eigenvalue weighted by Gasteiger charge is 2.19. The Balaban J connectivity index is 1.83. The molecule has 2 aromatic heterocycles. The normalized spacial score (nSPS) is 10.4. The first-order valence-corrected chi connectivity index (χ1v) is 10.8. The zero-order chi connectivity index (χ0) is 21.4. The van der Waals surface area contributed by atoms with Gasteiger partial charge in [-0.25, -0.2) is 4.79 Å². The van der Waals surface area contributed by atoms with Crippen molar-refractivity contribution >= 4 is 51.3 Å². The van der Waals surface area contributed by atoms with E-state index in [4.69, 9.17) is 9.47 Å². The molecule has 2 heterocycles. The standard InChI is InChI=1S/C20H23NO6S2/c1-4-13-10-14(20(25)26-5-2)19(29-13)21-17(23)11-27-18(24)9-7-15(22)16-8-6-12(3)28-16/h6,8,10H,4-5,7,9,11H2,1-3H3,(H,21,23). The lowest BCUT2D eigenvalue weighted by Crippen LogP contribution is -2.21. The number of carbonyl (C=O) groups is 4. The van der Waals surface area contributed by atoms with Gasteiger partial charge >= 0.3 is 11.9 Å². The van der Waals surface area contributed by atoms with Gasteiger partial charge in [-0.15, -0.1) is 22.7 Å². The van der Waals surface area contributed by atoms with Crippen molar-refractivity contribution in [1.29, 1.82) is 0 Å². The number of rotatable bonds is 10. The molecule has 0 aliphatic rings. The monoisotopic (exact) mass is 437 g/mol. The number of carbonyl (C=O) groups excluding carboxylic acids is 4. The van der Waals surface area contributed by atoms with Crippen LogP contribution in [0.4, 0.5) is 5.00 Å². The Kier molecular flexibility index (Phi) is 8.53. The van der Waals surface area contributed by atoms with E-state index >= 15 is 0 Å². The number of esters is 2. The molecule has 2 aromatic rings. The fraction of sp³-hybridized carbons (Fsp3) is 0.400. The number of hydrogen-bond donors (Lipinski definition) is 1. The molecule has 0 radical (unpaired) electrons. The highest BCUT2D eigenvalue weighted by atomic mass is 32.1. The van der Waals surface area contributed by atoms with Crippen LogP contribution >= 0.6 is 22.7 Å². The number of ketones is 1. The number of ether oxygens (including phenoxy) is 2. The molecule has 1 N–H and O–H groups in total. The summed E-state index contributed by atoms with van der Waals surface area (Å²) >= 11 is 2.65. The van der Waals surface area contributed by atoms with E-state index in [1.54, 1.807) is 19.1 Å². The molecule has 9 heteroatoms. The number of Topliss-reactive ketones (excluding diaryl/α,β-unsaturated/α-hetero) is 1. The second-order valence-corrected chi connectivity index (χ2v) is 8.50. The maximum atomic E-state index is 12.1. The SMILES string of the molecule is CCOC(=O)c1cc(CC)sc1NC(=O)COC(=O)CCC(=O)c1ccc(C)s1. The fourth-order valence-electron chi connectivity index (χ4n) is 2.37. The van der Waals surface area contributed by atoms with Gasteiger partial charge in [-0.2, -0.15) is 0 Å². The molecule has 29 heavy (non-hydrogen) atoms. The van der Waals surface area contributed by atoms with Crippen LogP contribution in [0.15, 0.2) is 18.2 Å². The fourth-order valence-corrected chi connectivity index (χ4v) is 4.21. The Bertz CT molecular complexity index is 899. The van der Waals surface area contributed by atoms with Crippen LogP contribution in [0.2, 0.25) is 0 Å². The number of amides is 1. The molecular formula is C20H23NO6S2. The first kappa shape index (κ1) is 22.8. The molecule has 0 saturated heterocycles. The summed E-state index contributed by atoms with van der Waals surface area (Å²) in [7, 11) is 0. The zero-order valence-electron chi connectivity index (χ0n) is 16.5. The van der Waals surface area contributed by atoms with Gasteiger partial charge in [0.05, 0.1) is 23.5 Å². The molecule has 0 bridgehead atoms. The van der Waals surface area contributed by atoms with Crippen molar-refractivity contribution in [2.24, 2.45) is 0 Å². The van der Waals surface area contributed by atoms with Gasteiger partial charge in [-0.1, -0.05) is 6.92 Å². The van der Waals surface area contributed by atoms with E-state index in [1.165, 1.54) is 22.7 Å². The van der Waals surface area contributed by atoms with Crippen molar-refractivity contribution in [1.82, 2.24) is 0 Å². The highest BCUT2D eigenvalue weighted by molar-refractivity contribution is 7.16. The van der Waals surface area contributed by atoms with Crippen LogP contribution in [-0.4, -0.2) is 36.8 Å². The minimum Gasteiger partial charge on any atom is -0.462 e. The average Bonchev–Trinajstić information content (AvgIpc) is 3.30. The molecule has 0 unspecified atom stereocenters. The molecule has 156 valence electrons. The number of aryl methyl sites for hydroxylation is 2. The minimum atomic E-state index is -0.632. The molecule has 0 spiro atoms.